The maximum absolute atomic E-state index is 11.0. The number of nitrogens with two attached hydrogens (primary N) is 1. The van der Waals surface area contributed by atoms with Gasteiger partial charge in [0.1, 0.15) is 0 Å². The quantitative estimate of drug-likeness (QED) is 0.726. The minimum Gasteiger partial charge on any atom is -0.399 e. The van der Waals surface area contributed by atoms with Gasteiger partial charge in [-0.05, 0) is 17.7 Å². The number of rotatable bonds is 4. The summed E-state index contributed by atoms with van der Waals surface area (Å²) in [5.74, 6) is 0. The van der Waals surface area contributed by atoms with Crippen LogP contribution in [-0.4, -0.2) is 8.42 Å². The highest BCUT2D eigenvalue weighted by atomic mass is 32.2. The first kappa shape index (κ1) is 10.7. The molecule has 0 aliphatic carbocycles. The molecule has 0 aliphatic rings. The van der Waals surface area contributed by atoms with E-state index in [1.54, 1.807) is 24.3 Å². The summed E-state index contributed by atoms with van der Waals surface area (Å²) in [6.07, 6.45) is 0. The molecule has 0 amide bonds. The largest absolute Gasteiger partial charge is 0.399 e. The minimum atomic E-state index is -3.36. The molecule has 14 heavy (non-hydrogen) atoms. The number of sulfonamides is 1. The van der Waals surface area contributed by atoms with E-state index in [1.807, 2.05) is 0 Å². The first-order chi connectivity index (χ1) is 6.53. The molecule has 0 spiro atoms. The Morgan fingerprint density at radius 1 is 1.50 bits per heavy atom. The topological polar surface area (TPSA) is 72.2 Å². The lowest BCUT2D eigenvalue weighted by atomic mass is 10.2. The van der Waals surface area contributed by atoms with E-state index in [0.717, 1.165) is 11.0 Å². The van der Waals surface area contributed by atoms with E-state index < -0.39 is 10.0 Å². The van der Waals surface area contributed by atoms with Gasteiger partial charge in [0.15, 0.2) is 0 Å². The van der Waals surface area contributed by atoms with Crippen molar-refractivity contribution in [3.05, 3.63) is 41.8 Å². The van der Waals surface area contributed by atoms with Gasteiger partial charge in [-0.3, -0.25) is 0 Å². The lowest BCUT2D eigenvalue weighted by molar-refractivity contribution is 0.590. The van der Waals surface area contributed by atoms with Gasteiger partial charge in [0.2, 0.25) is 10.0 Å². The summed E-state index contributed by atoms with van der Waals surface area (Å²) < 4.78 is 24.3. The van der Waals surface area contributed by atoms with Crippen LogP contribution in [-0.2, 0) is 16.6 Å². The minimum absolute atomic E-state index is 0.222. The third-order valence-corrected chi connectivity index (χ3v) is 2.63. The number of benzene rings is 1. The molecule has 0 bridgehead atoms. The van der Waals surface area contributed by atoms with Gasteiger partial charge in [0, 0.05) is 17.6 Å². The number of hydrogen-bond acceptors (Lipinski definition) is 3. The smallest absolute Gasteiger partial charge is 0.233 e. The van der Waals surface area contributed by atoms with Crippen LogP contribution in [0.1, 0.15) is 5.56 Å². The van der Waals surface area contributed by atoms with Crippen molar-refractivity contribution < 1.29 is 8.42 Å². The summed E-state index contributed by atoms with van der Waals surface area (Å²) in [6, 6.07) is 7.02. The molecule has 5 heteroatoms. The van der Waals surface area contributed by atoms with Crippen molar-refractivity contribution >= 4 is 15.7 Å². The van der Waals surface area contributed by atoms with E-state index in [2.05, 4.69) is 11.3 Å². The van der Waals surface area contributed by atoms with Crippen molar-refractivity contribution in [3.8, 4) is 0 Å². The van der Waals surface area contributed by atoms with Crippen molar-refractivity contribution in [1.29, 1.82) is 0 Å². The van der Waals surface area contributed by atoms with Crippen LogP contribution in [0.2, 0.25) is 0 Å². The second-order valence-electron chi connectivity index (χ2n) is 2.78. The summed E-state index contributed by atoms with van der Waals surface area (Å²) in [5.41, 5.74) is 6.96. The summed E-state index contributed by atoms with van der Waals surface area (Å²) >= 11 is 0. The molecule has 0 atom stereocenters. The van der Waals surface area contributed by atoms with Gasteiger partial charge in [-0.1, -0.05) is 18.7 Å². The standard InChI is InChI=1S/C9H12N2O2S/c1-2-14(12,13)11-7-8-4-3-5-9(10)6-8/h2-6,11H,1,7,10H2. The predicted octanol–water partition coefficient (Wildman–Crippen LogP) is 0.832. The third kappa shape index (κ3) is 3.20. The highest BCUT2D eigenvalue weighted by Gasteiger charge is 2.02. The Morgan fingerprint density at radius 2 is 2.21 bits per heavy atom. The van der Waals surface area contributed by atoms with E-state index in [4.69, 9.17) is 5.73 Å². The van der Waals surface area contributed by atoms with Crippen LogP contribution in [0, 0.1) is 0 Å². The van der Waals surface area contributed by atoms with Gasteiger partial charge >= 0.3 is 0 Å². The Bertz CT molecular complexity index is 426. The number of hydrogen-bond donors (Lipinski definition) is 2. The second-order valence-corrected chi connectivity index (χ2v) is 4.49. The van der Waals surface area contributed by atoms with E-state index in [-0.39, 0.29) is 6.54 Å². The average Bonchev–Trinajstić information content (AvgIpc) is 2.15. The van der Waals surface area contributed by atoms with Crippen LogP contribution in [0.4, 0.5) is 5.69 Å². The van der Waals surface area contributed by atoms with Crippen LogP contribution in [0.5, 0.6) is 0 Å². The summed E-state index contributed by atoms with van der Waals surface area (Å²) in [4.78, 5) is 0. The second kappa shape index (κ2) is 4.26. The Kier molecular flexibility index (Phi) is 3.27. The van der Waals surface area contributed by atoms with E-state index in [1.165, 1.54) is 0 Å². The highest BCUT2D eigenvalue weighted by molar-refractivity contribution is 7.92. The molecule has 1 rings (SSSR count). The molecule has 1 aromatic carbocycles. The fraction of sp³-hybridized carbons (Fsp3) is 0.111. The zero-order valence-electron chi connectivity index (χ0n) is 7.60. The number of nitrogens with one attached hydrogen (secondary N) is 1. The van der Waals surface area contributed by atoms with Crippen LogP contribution in [0.15, 0.2) is 36.3 Å². The molecule has 0 aliphatic heterocycles. The summed E-state index contributed by atoms with van der Waals surface area (Å²) in [6.45, 7) is 3.41. The normalized spacial score (nSPS) is 11.1. The molecule has 0 unspecified atom stereocenters. The highest BCUT2D eigenvalue weighted by Crippen LogP contribution is 2.06. The molecule has 0 aromatic heterocycles. The summed E-state index contributed by atoms with van der Waals surface area (Å²) in [5, 5.41) is 0.874. The Labute approximate surface area is 83.5 Å². The SMILES string of the molecule is C=CS(=O)(=O)NCc1cccc(N)c1. The van der Waals surface area contributed by atoms with E-state index in [9.17, 15) is 8.42 Å². The van der Waals surface area contributed by atoms with Crippen molar-refractivity contribution in [1.82, 2.24) is 4.72 Å². The molecule has 1 aromatic rings. The molecule has 0 saturated carbocycles. The van der Waals surface area contributed by atoms with Crippen LogP contribution in [0.25, 0.3) is 0 Å². The first-order valence-electron chi connectivity index (χ1n) is 4.00. The third-order valence-electron chi connectivity index (χ3n) is 1.65. The maximum Gasteiger partial charge on any atom is 0.233 e. The van der Waals surface area contributed by atoms with Crippen molar-refractivity contribution in [2.75, 3.05) is 5.73 Å². The number of nitrogen functional groups attached to an aromatic ring is 1. The zero-order chi connectivity index (χ0) is 10.6. The fourth-order valence-electron chi connectivity index (χ4n) is 0.946. The van der Waals surface area contributed by atoms with Gasteiger partial charge in [0.25, 0.3) is 0 Å². The Morgan fingerprint density at radius 3 is 2.79 bits per heavy atom. The summed E-state index contributed by atoms with van der Waals surface area (Å²) in [7, 11) is -3.36. The van der Waals surface area contributed by atoms with Crippen molar-refractivity contribution in [2.45, 2.75) is 6.54 Å². The lowest BCUT2D eigenvalue weighted by Crippen LogP contribution is -2.20. The van der Waals surface area contributed by atoms with E-state index >= 15 is 0 Å². The van der Waals surface area contributed by atoms with Gasteiger partial charge in [0.05, 0.1) is 0 Å². The van der Waals surface area contributed by atoms with Gasteiger partial charge < -0.3 is 5.73 Å². The molecule has 0 fully saturated rings. The fourth-order valence-corrected chi connectivity index (χ4v) is 1.43. The van der Waals surface area contributed by atoms with Crippen LogP contribution in [0.3, 0.4) is 0 Å². The molecule has 0 heterocycles. The van der Waals surface area contributed by atoms with E-state index in [0.29, 0.717) is 5.69 Å². The van der Waals surface area contributed by atoms with Crippen molar-refractivity contribution in [3.63, 3.8) is 0 Å². The monoisotopic (exact) mass is 212 g/mol. The molecular formula is C9H12N2O2S. The maximum atomic E-state index is 11.0. The molecule has 3 N–H and O–H groups in total. The predicted molar refractivity (Wildman–Crippen MR) is 56.8 cm³/mol. The van der Waals surface area contributed by atoms with Gasteiger partial charge in [-0.25, -0.2) is 13.1 Å². The Hall–Kier alpha value is -1.33. The average molecular weight is 212 g/mol. The molecule has 0 radical (unpaired) electrons. The van der Waals surface area contributed by atoms with Gasteiger partial charge in [-0.2, -0.15) is 0 Å². The molecule has 4 nitrogen and oxygen atoms in total. The Balaban J connectivity index is 2.67. The van der Waals surface area contributed by atoms with Crippen LogP contribution < -0.4 is 10.5 Å². The molecular weight excluding hydrogens is 200 g/mol. The lowest BCUT2D eigenvalue weighted by Gasteiger charge is -2.03. The molecule has 0 saturated heterocycles. The van der Waals surface area contributed by atoms with Crippen molar-refractivity contribution in [2.24, 2.45) is 0 Å². The number of anilines is 1. The zero-order valence-corrected chi connectivity index (χ0v) is 8.42. The first-order valence-corrected chi connectivity index (χ1v) is 5.54. The van der Waals surface area contributed by atoms with Gasteiger partial charge in [-0.15, -0.1) is 0 Å². The van der Waals surface area contributed by atoms with Crippen LogP contribution >= 0.6 is 0 Å². The molecule has 76 valence electrons.